The van der Waals surface area contributed by atoms with Gasteiger partial charge in [0.25, 0.3) is 5.56 Å². The first-order valence-electron chi connectivity index (χ1n) is 9.38. The Kier molecular flexibility index (Phi) is 4.86. The molecule has 0 atom stereocenters. The number of hydrogen-bond acceptors (Lipinski definition) is 4. The van der Waals surface area contributed by atoms with Gasteiger partial charge in [0.05, 0.1) is 5.39 Å². The summed E-state index contributed by atoms with van der Waals surface area (Å²) in [5.74, 6) is 0.425. The van der Waals surface area contributed by atoms with Crippen molar-refractivity contribution in [1.82, 2.24) is 14.5 Å². The molecule has 3 heterocycles. The van der Waals surface area contributed by atoms with Gasteiger partial charge in [0.1, 0.15) is 16.5 Å². The monoisotopic (exact) mass is 385 g/mol. The van der Waals surface area contributed by atoms with Crippen molar-refractivity contribution >= 4 is 21.6 Å². The van der Waals surface area contributed by atoms with Gasteiger partial charge in [-0.3, -0.25) is 9.36 Å². The van der Waals surface area contributed by atoms with E-state index in [9.17, 15) is 9.18 Å². The smallest absolute Gasteiger partial charge is 0.262 e. The van der Waals surface area contributed by atoms with E-state index in [2.05, 4.69) is 11.9 Å². The maximum Gasteiger partial charge on any atom is 0.262 e. The van der Waals surface area contributed by atoms with Gasteiger partial charge in [-0.2, -0.15) is 0 Å². The summed E-state index contributed by atoms with van der Waals surface area (Å²) in [6, 6.07) is 6.87. The van der Waals surface area contributed by atoms with Crippen LogP contribution in [0, 0.1) is 19.7 Å². The third kappa shape index (κ3) is 3.32. The minimum atomic E-state index is -0.250. The number of benzene rings is 1. The van der Waals surface area contributed by atoms with Gasteiger partial charge in [-0.15, -0.1) is 11.3 Å². The lowest BCUT2D eigenvalue weighted by Gasteiger charge is -2.31. The second-order valence-corrected chi connectivity index (χ2v) is 8.67. The van der Waals surface area contributed by atoms with E-state index < -0.39 is 0 Å². The van der Waals surface area contributed by atoms with Crippen LogP contribution in [0.15, 0.2) is 29.1 Å². The van der Waals surface area contributed by atoms with Crippen molar-refractivity contribution < 1.29 is 4.39 Å². The van der Waals surface area contributed by atoms with Gasteiger partial charge in [-0.05, 0) is 64.0 Å². The van der Waals surface area contributed by atoms with Crippen LogP contribution in [0.1, 0.15) is 40.7 Å². The molecular weight excluding hydrogens is 361 g/mol. The number of aryl methyl sites for hydroxylation is 2. The van der Waals surface area contributed by atoms with E-state index in [1.165, 1.54) is 6.07 Å². The Hall–Kier alpha value is -2.05. The molecule has 0 bridgehead atoms. The fraction of sp³-hybridized carbons (Fsp3) is 0.429. The zero-order chi connectivity index (χ0) is 19.1. The van der Waals surface area contributed by atoms with Crippen LogP contribution in [-0.2, 0) is 6.42 Å². The van der Waals surface area contributed by atoms with E-state index >= 15 is 0 Å². The SMILES string of the molecule is Cc1sc2nc(Cc3ccccc3F)n(C3CCN(C)CC3)c(=O)c2c1C. The summed E-state index contributed by atoms with van der Waals surface area (Å²) in [6.45, 7) is 5.93. The molecule has 4 nitrogen and oxygen atoms in total. The van der Waals surface area contributed by atoms with Crippen molar-refractivity contribution in [2.45, 2.75) is 39.2 Å². The fourth-order valence-corrected chi connectivity index (χ4v) is 4.95. The lowest BCUT2D eigenvalue weighted by molar-refractivity contribution is 0.216. The normalized spacial score (nSPS) is 16.3. The van der Waals surface area contributed by atoms with Crippen LogP contribution >= 0.6 is 11.3 Å². The Bertz CT molecular complexity index is 1050. The third-order valence-electron chi connectivity index (χ3n) is 5.67. The average Bonchev–Trinajstić information content (AvgIpc) is 2.93. The number of aromatic nitrogens is 2. The fourth-order valence-electron chi connectivity index (χ4n) is 3.91. The second-order valence-electron chi connectivity index (χ2n) is 7.47. The van der Waals surface area contributed by atoms with Crippen LogP contribution in [-0.4, -0.2) is 34.6 Å². The predicted octanol–water partition coefficient (Wildman–Crippen LogP) is 4.07. The zero-order valence-corrected chi connectivity index (χ0v) is 16.8. The lowest BCUT2D eigenvalue weighted by atomic mass is 10.0. The van der Waals surface area contributed by atoms with Crippen molar-refractivity contribution in [3.05, 3.63) is 62.3 Å². The highest BCUT2D eigenvalue weighted by Crippen LogP contribution is 2.29. The molecule has 0 saturated carbocycles. The van der Waals surface area contributed by atoms with Crippen molar-refractivity contribution in [2.75, 3.05) is 20.1 Å². The van der Waals surface area contributed by atoms with E-state index in [0.29, 0.717) is 17.8 Å². The van der Waals surface area contributed by atoms with E-state index in [-0.39, 0.29) is 17.4 Å². The highest BCUT2D eigenvalue weighted by molar-refractivity contribution is 7.18. The molecule has 0 unspecified atom stereocenters. The van der Waals surface area contributed by atoms with Gasteiger partial charge < -0.3 is 4.90 Å². The number of fused-ring (bicyclic) bond motifs is 1. The van der Waals surface area contributed by atoms with Crippen LogP contribution in [0.4, 0.5) is 4.39 Å². The Morgan fingerprint density at radius 1 is 1.22 bits per heavy atom. The standard InChI is InChI=1S/C21H24FN3OS/c1-13-14(2)27-20-19(13)21(26)25(16-8-10-24(3)11-9-16)18(23-20)12-15-6-4-5-7-17(15)22/h4-7,16H,8-12H2,1-3H3. The molecule has 0 amide bonds. The van der Waals surface area contributed by atoms with Crippen molar-refractivity contribution in [3.63, 3.8) is 0 Å². The number of nitrogens with zero attached hydrogens (tertiary/aromatic N) is 3. The van der Waals surface area contributed by atoms with Gasteiger partial charge in [0.15, 0.2) is 0 Å². The minimum absolute atomic E-state index is 0.0303. The molecule has 1 fully saturated rings. The van der Waals surface area contributed by atoms with Crippen LogP contribution in [0.25, 0.3) is 10.2 Å². The first kappa shape index (κ1) is 18.3. The predicted molar refractivity (Wildman–Crippen MR) is 108 cm³/mol. The Morgan fingerprint density at radius 2 is 1.93 bits per heavy atom. The summed E-state index contributed by atoms with van der Waals surface area (Å²) >= 11 is 1.55. The Balaban J connectivity index is 1.89. The van der Waals surface area contributed by atoms with Gasteiger partial charge in [0.2, 0.25) is 0 Å². The molecule has 3 aromatic rings. The van der Waals surface area contributed by atoms with Gasteiger partial charge >= 0.3 is 0 Å². The van der Waals surface area contributed by atoms with E-state index in [4.69, 9.17) is 4.98 Å². The maximum atomic E-state index is 14.3. The van der Waals surface area contributed by atoms with E-state index in [1.807, 2.05) is 24.5 Å². The minimum Gasteiger partial charge on any atom is -0.306 e. The molecule has 27 heavy (non-hydrogen) atoms. The van der Waals surface area contributed by atoms with Crippen LogP contribution in [0.3, 0.4) is 0 Å². The lowest BCUT2D eigenvalue weighted by Crippen LogP contribution is -2.37. The molecule has 142 valence electrons. The topological polar surface area (TPSA) is 38.1 Å². The van der Waals surface area contributed by atoms with Crippen molar-refractivity contribution in [1.29, 1.82) is 0 Å². The number of hydrogen-bond donors (Lipinski definition) is 0. The zero-order valence-electron chi connectivity index (χ0n) is 16.0. The summed E-state index contributed by atoms with van der Waals surface area (Å²) in [6.07, 6.45) is 2.16. The third-order valence-corrected chi connectivity index (χ3v) is 6.77. The van der Waals surface area contributed by atoms with Crippen LogP contribution < -0.4 is 5.56 Å². The summed E-state index contributed by atoms with van der Waals surface area (Å²) in [4.78, 5) is 22.5. The van der Waals surface area contributed by atoms with Crippen molar-refractivity contribution in [3.8, 4) is 0 Å². The number of rotatable bonds is 3. The maximum absolute atomic E-state index is 14.3. The molecule has 0 spiro atoms. The molecule has 4 rings (SSSR count). The highest BCUT2D eigenvalue weighted by Gasteiger charge is 2.25. The molecule has 2 aromatic heterocycles. The molecule has 1 aliphatic rings. The Labute approximate surface area is 162 Å². The number of halogens is 1. The van der Waals surface area contributed by atoms with Gasteiger partial charge in [0, 0.05) is 17.3 Å². The summed E-state index contributed by atoms with van der Waals surface area (Å²) < 4.78 is 16.1. The molecule has 6 heteroatoms. The number of piperidine rings is 1. The molecule has 1 aromatic carbocycles. The summed E-state index contributed by atoms with van der Waals surface area (Å²) in [7, 11) is 2.10. The summed E-state index contributed by atoms with van der Waals surface area (Å²) in [5, 5.41) is 0.730. The first-order valence-corrected chi connectivity index (χ1v) is 10.2. The van der Waals surface area contributed by atoms with E-state index in [1.54, 1.807) is 23.5 Å². The van der Waals surface area contributed by atoms with Gasteiger partial charge in [-0.25, -0.2) is 9.37 Å². The largest absolute Gasteiger partial charge is 0.306 e. The second kappa shape index (κ2) is 7.17. The average molecular weight is 386 g/mol. The molecule has 0 N–H and O–H groups in total. The highest BCUT2D eigenvalue weighted by atomic mass is 32.1. The number of thiophene rings is 1. The molecule has 1 aliphatic heterocycles. The molecule has 0 aliphatic carbocycles. The Morgan fingerprint density at radius 3 is 2.63 bits per heavy atom. The van der Waals surface area contributed by atoms with Crippen LogP contribution in [0.2, 0.25) is 0 Å². The molecular formula is C21H24FN3OS. The molecule has 0 radical (unpaired) electrons. The number of likely N-dealkylation sites (tertiary alicyclic amines) is 1. The molecule has 1 saturated heterocycles. The summed E-state index contributed by atoms with van der Waals surface area (Å²) in [5.41, 5.74) is 1.63. The quantitative estimate of drug-likeness (QED) is 0.682. The van der Waals surface area contributed by atoms with Crippen LogP contribution in [0.5, 0.6) is 0 Å². The van der Waals surface area contributed by atoms with Crippen molar-refractivity contribution in [2.24, 2.45) is 0 Å². The van der Waals surface area contributed by atoms with Gasteiger partial charge in [-0.1, -0.05) is 18.2 Å². The van der Waals surface area contributed by atoms with E-state index in [0.717, 1.165) is 46.6 Å². The first-order chi connectivity index (χ1) is 13.0.